The van der Waals surface area contributed by atoms with E-state index >= 15 is 0 Å². The number of benzene rings is 1. The van der Waals surface area contributed by atoms with E-state index in [9.17, 15) is 4.79 Å². The first kappa shape index (κ1) is 25.9. The van der Waals surface area contributed by atoms with Gasteiger partial charge in [-0.3, -0.25) is 4.98 Å². The molecule has 198 valence electrons. The quantitative estimate of drug-likeness (QED) is 0.203. The Morgan fingerprint density at radius 1 is 1.03 bits per heavy atom. The van der Waals surface area contributed by atoms with Gasteiger partial charge in [0.05, 0.1) is 31.1 Å². The topological polar surface area (TPSA) is 66.9 Å². The SMILES string of the molecule is CCOC(=O)c1ccc(/C=C(\C)c2ccc(OCOCCOC)c(C34CC5CC(CC(C5)C3)C4)c2)nc1. The van der Waals surface area contributed by atoms with Crippen LogP contribution in [0, 0.1) is 17.8 Å². The molecule has 6 nitrogen and oxygen atoms in total. The average Bonchev–Trinajstić information content (AvgIpc) is 2.88. The number of rotatable bonds is 11. The zero-order chi connectivity index (χ0) is 25.8. The Balaban J connectivity index is 1.41. The van der Waals surface area contributed by atoms with Crippen molar-refractivity contribution in [2.75, 3.05) is 33.7 Å². The van der Waals surface area contributed by atoms with Gasteiger partial charge in [0.1, 0.15) is 5.75 Å². The van der Waals surface area contributed by atoms with Gasteiger partial charge in [0.15, 0.2) is 6.79 Å². The predicted molar refractivity (Wildman–Crippen MR) is 143 cm³/mol. The summed E-state index contributed by atoms with van der Waals surface area (Å²) in [5.74, 6) is 3.15. The zero-order valence-electron chi connectivity index (χ0n) is 22.3. The molecule has 4 aliphatic rings. The number of hydrogen-bond acceptors (Lipinski definition) is 6. The number of carbonyl (C=O) groups is 1. The second-order valence-corrected chi connectivity index (χ2v) is 11.1. The lowest BCUT2D eigenvalue weighted by Crippen LogP contribution is -2.48. The minimum Gasteiger partial charge on any atom is -0.467 e. The molecule has 0 N–H and O–H groups in total. The number of allylic oxidation sites excluding steroid dienone is 1. The largest absolute Gasteiger partial charge is 0.467 e. The molecule has 0 unspecified atom stereocenters. The molecule has 1 aromatic carbocycles. The summed E-state index contributed by atoms with van der Waals surface area (Å²) in [6.07, 6.45) is 11.7. The lowest BCUT2D eigenvalue weighted by atomic mass is 9.48. The Morgan fingerprint density at radius 2 is 1.73 bits per heavy atom. The third kappa shape index (κ3) is 5.75. The van der Waals surface area contributed by atoms with Gasteiger partial charge < -0.3 is 18.9 Å². The number of pyridine rings is 1. The van der Waals surface area contributed by atoms with Crippen LogP contribution < -0.4 is 4.74 Å². The van der Waals surface area contributed by atoms with Gasteiger partial charge in [-0.1, -0.05) is 6.07 Å². The summed E-state index contributed by atoms with van der Waals surface area (Å²) < 4.78 is 22.0. The lowest BCUT2D eigenvalue weighted by Gasteiger charge is -2.57. The fourth-order valence-electron chi connectivity index (χ4n) is 7.19. The van der Waals surface area contributed by atoms with E-state index in [0.29, 0.717) is 25.4 Å². The molecule has 0 amide bonds. The van der Waals surface area contributed by atoms with E-state index in [1.165, 1.54) is 49.7 Å². The van der Waals surface area contributed by atoms with Crippen molar-refractivity contribution in [1.82, 2.24) is 4.98 Å². The van der Waals surface area contributed by atoms with E-state index in [-0.39, 0.29) is 18.2 Å². The molecule has 1 aromatic heterocycles. The molecule has 4 fully saturated rings. The molecule has 0 atom stereocenters. The van der Waals surface area contributed by atoms with Crippen molar-refractivity contribution in [2.45, 2.75) is 57.8 Å². The molecule has 0 spiro atoms. The summed E-state index contributed by atoms with van der Waals surface area (Å²) in [5, 5.41) is 0. The number of ether oxygens (including phenoxy) is 4. The van der Waals surface area contributed by atoms with Gasteiger partial charge in [-0.05, 0) is 117 Å². The van der Waals surface area contributed by atoms with Crippen molar-refractivity contribution in [3.05, 3.63) is 58.9 Å². The van der Waals surface area contributed by atoms with Crippen LogP contribution in [0.3, 0.4) is 0 Å². The second kappa shape index (κ2) is 11.4. The van der Waals surface area contributed by atoms with Crippen molar-refractivity contribution in [2.24, 2.45) is 17.8 Å². The predicted octanol–water partition coefficient (Wildman–Crippen LogP) is 6.29. The normalized spacial score (nSPS) is 26.4. The first-order valence-corrected chi connectivity index (χ1v) is 13.7. The number of carbonyl (C=O) groups excluding carboxylic acids is 1. The lowest BCUT2D eigenvalue weighted by molar-refractivity contribution is -0.0189. The van der Waals surface area contributed by atoms with Crippen molar-refractivity contribution < 1.29 is 23.7 Å². The van der Waals surface area contributed by atoms with Gasteiger partial charge in [0.2, 0.25) is 0 Å². The Bertz CT molecular complexity index is 1090. The Hall–Kier alpha value is -2.70. The van der Waals surface area contributed by atoms with Crippen LogP contribution in [0.4, 0.5) is 0 Å². The van der Waals surface area contributed by atoms with Crippen LogP contribution in [0.2, 0.25) is 0 Å². The first-order valence-electron chi connectivity index (χ1n) is 13.7. The minimum absolute atomic E-state index is 0.201. The summed E-state index contributed by atoms with van der Waals surface area (Å²) in [6, 6.07) is 10.2. The van der Waals surface area contributed by atoms with Crippen LogP contribution in [0.15, 0.2) is 36.5 Å². The number of hydrogen-bond donors (Lipinski definition) is 0. The summed E-state index contributed by atoms with van der Waals surface area (Å²) in [7, 11) is 1.67. The van der Waals surface area contributed by atoms with E-state index in [1.807, 2.05) is 6.07 Å². The van der Waals surface area contributed by atoms with Crippen molar-refractivity contribution >= 4 is 17.6 Å². The van der Waals surface area contributed by atoms with E-state index < -0.39 is 0 Å². The maximum atomic E-state index is 12.0. The second-order valence-electron chi connectivity index (χ2n) is 11.1. The van der Waals surface area contributed by atoms with E-state index in [1.54, 1.807) is 26.3 Å². The third-order valence-corrected chi connectivity index (χ3v) is 8.44. The van der Waals surface area contributed by atoms with Crippen LogP contribution in [0.5, 0.6) is 5.75 Å². The molecule has 4 aliphatic carbocycles. The highest BCUT2D eigenvalue weighted by Crippen LogP contribution is 2.62. The maximum absolute atomic E-state index is 12.0. The van der Waals surface area contributed by atoms with Crippen LogP contribution in [0.1, 0.15) is 79.6 Å². The standard InChI is InChI=1S/C31H39NO5/c1-4-36-30(33)26-5-7-27(32-19-26)11-21(2)25-6-8-29(37-20-35-10-9-34-3)28(15-25)31-16-22-12-23(17-31)14-24(13-22)18-31/h5-8,11,15,19,22-24H,4,9-10,12-14,16-18,20H2,1-3H3/b21-11+. The molecule has 1 heterocycles. The Kier molecular flexibility index (Phi) is 7.96. The van der Waals surface area contributed by atoms with Crippen LogP contribution in [-0.4, -0.2) is 44.7 Å². The van der Waals surface area contributed by atoms with E-state index in [0.717, 1.165) is 34.8 Å². The van der Waals surface area contributed by atoms with Crippen LogP contribution >= 0.6 is 0 Å². The molecule has 6 heteroatoms. The van der Waals surface area contributed by atoms with Gasteiger partial charge in [-0.15, -0.1) is 0 Å². The molecule has 0 radical (unpaired) electrons. The van der Waals surface area contributed by atoms with Gasteiger partial charge >= 0.3 is 5.97 Å². The van der Waals surface area contributed by atoms with Crippen molar-refractivity contribution in [3.8, 4) is 5.75 Å². The molecule has 4 saturated carbocycles. The number of esters is 1. The summed E-state index contributed by atoms with van der Waals surface area (Å²) in [4.78, 5) is 16.4. The summed E-state index contributed by atoms with van der Waals surface area (Å²) in [5.41, 5.74) is 5.13. The molecular weight excluding hydrogens is 466 g/mol. The van der Waals surface area contributed by atoms with Gasteiger partial charge in [-0.2, -0.15) is 0 Å². The van der Waals surface area contributed by atoms with Crippen molar-refractivity contribution in [3.63, 3.8) is 0 Å². The number of nitrogens with zero attached hydrogens (tertiary/aromatic N) is 1. The molecule has 6 rings (SSSR count). The zero-order valence-corrected chi connectivity index (χ0v) is 22.3. The highest BCUT2D eigenvalue weighted by molar-refractivity contribution is 5.89. The van der Waals surface area contributed by atoms with Gasteiger partial charge in [0.25, 0.3) is 0 Å². The minimum atomic E-state index is -0.343. The molecular formula is C31H39NO5. The van der Waals surface area contributed by atoms with Gasteiger partial charge in [0, 0.05) is 18.9 Å². The Labute approximate surface area is 220 Å². The highest BCUT2D eigenvalue weighted by atomic mass is 16.7. The Morgan fingerprint density at radius 3 is 2.35 bits per heavy atom. The fraction of sp³-hybridized carbons (Fsp3) is 0.548. The van der Waals surface area contributed by atoms with Crippen LogP contribution in [-0.2, 0) is 19.6 Å². The smallest absolute Gasteiger partial charge is 0.339 e. The maximum Gasteiger partial charge on any atom is 0.339 e. The monoisotopic (exact) mass is 505 g/mol. The average molecular weight is 506 g/mol. The third-order valence-electron chi connectivity index (χ3n) is 8.44. The van der Waals surface area contributed by atoms with E-state index in [4.69, 9.17) is 18.9 Å². The summed E-state index contributed by atoms with van der Waals surface area (Å²) in [6.45, 7) is 5.58. The fourth-order valence-corrected chi connectivity index (χ4v) is 7.19. The van der Waals surface area contributed by atoms with Crippen molar-refractivity contribution in [1.29, 1.82) is 0 Å². The molecule has 2 aromatic rings. The molecule has 37 heavy (non-hydrogen) atoms. The molecule has 0 aliphatic heterocycles. The number of aromatic nitrogens is 1. The molecule has 0 saturated heterocycles. The van der Waals surface area contributed by atoms with Gasteiger partial charge in [-0.25, -0.2) is 4.79 Å². The number of methoxy groups -OCH3 is 1. The molecule has 4 bridgehead atoms. The van der Waals surface area contributed by atoms with E-state index in [2.05, 4.69) is 36.2 Å². The first-order chi connectivity index (χ1) is 18.0. The van der Waals surface area contributed by atoms with Crippen LogP contribution in [0.25, 0.3) is 11.6 Å². The highest BCUT2D eigenvalue weighted by Gasteiger charge is 2.52. The summed E-state index contributed by atoms with van der Waals surface area (Å²) >= 11 is 0.